The van der Waals surface area contributed by atoms with Crippen molar-refractivity contribution in [1.29, 1.82) is 0 Å². The number of hydrogen-bond acceptors (Lipinski definition) is 3. The van der Waals surface area contributed by atoms with Gasteiger partial charge >= 0.3 is 0 Å². The van der Waals surface area contributed by atoms with Gasteiger partial charge in [0.15, 0.2) is 17.5 Å². The number of nitrogens with zero attached hydrogens (tertiary/aromatic N) is 3. The van der Waals surface area contributed by atoms with Crippen LogP contribution in [0.2, 0.25) is 13.1 Å². The van der Waals surface area contributed by atoms with Crippen LogP contribution in [0.25, 0.3) is 100 Å². The van der Waals surface area contributed by atoms with Crippen molar-refractivity contribution in [3.63, 3.8) is 0 Å². The fourth-order valence-corrected chi connectivity index (χ4v) is 12.3. The first-order valence-electron chi connectivity index (χ1n) is 20.3. The van der Waals surface area contributed by atoms with Gasteiger partial charge in [-0.15, -0.1) is 0 Å². The van der Waals surface area contributed by atoms with Crippen molar-refractivity contribution < 1.29 is 0 Å². The van der Waals surface area contributed by atoms with E-state index in [2.05, 4.69) is 201 Å². The predicted octanol–water partition coefficient (Wildman–Crippen LogP) is 13.0. The van der Waals surface area contributed by atoms with E-state index < -0.39 is 8.07 Å². The molecule has 278 valence electrons. The lowest BCUT2D eigenvalue weighted by Crippen LogP contribution is -2.49. The van der Waals surface area contributed by atoms with E-state index >= 15 is 0 Å². The summed E-state index contributed by atoms with van der Waals surface area (Å²) < 4.78 is 0. The molecule has 59 heavy (non-hydrogen) atoms. The van der Waals surface area contributed by atoms with Crippen LogP contribution in [0, 0.1) is 0 Å². The van der Waals surface area contributed by atoms with E-state index in [4.69, 9.17) is 15.0 Å². The van der Waals surface area contributed by atoms with Crippen LogP contribution in [-0.2, 0) is 0 Å². The molecule has 10 aromatic rings. The number of fused-ring (bicyclic) bond motifs is 5. The van der Waals surface area contributed by atoms with Crippen LogP contribution in [0.15, 0.2) is 200 Å². The van der Waals surface area contributed by atoms with Gasteiger partial charge in [-0.3, -0.25) is 0 Å². The molecule has 0 saturated heterocycles. The monoisotopic (exact) mass is 769 g/mol. The summed E-state index contributed by atoms with van der Waals surface area (Å²) in [7, 11) is -1.80. The van der Waals surface area contributed by atoms with E-state index in [1.807, 2.05) is 12.1 Å². The SMILES string of the molecule is C[Si]1(C)c2ccccc2-c2cc(-c3c4ccccc4c(-c4nc(-c5cccc(-c6ccccc6)c5)nc(-c5cccc(-c6ccccc6)c5)n4)c4ccccc34)ccc21. The normalized spacial score (nSPS) is 12.7. The minimum atomic E-state index is -1.80. The summed E-state index contributed by atoms with van der Waals surface area (Å²) in [5.41, 5.74) is 12.6. The highest BCUT2D eigenvalue weighted by Gasteiger charge is 2.37. The van der Waals surface area contributed by atoms with Crippen LogP contribution in [0.1, 0.15) is 0 Å². The molecule has 0 fully saturated rings. The maximum atomic E-state index is 5.39. The van der Waals surface area contributed by atoms with Gasteiger partial charge in [-0.1, -0.05) is 195 Å². The average Bonchev–Trinajstić information content (AvgIpc) is 3.53. The third-order valence-electron chi connectivity index (χ3n) is 12.1. The van der Waals surface area contributed by atoms with Gasteiger partial charge in [0.25, 0.3) is 0 Å². The van der Waals surface area contributed by atoms with Gasteiger partial charge in [0.2, 0.25) is 0 Å². The van der Waals surface area contributed by atoms with Crippen molar-refractivity contribution in [2.24, 2.45) is 0 Å². The molecule has 0 bridgehead atoms. The van der Waals surface area contributed by atoms with Gasteiger partial charge in [-0.05, 0) is 94.6 Å². The highest BCUT2D eigenvalue weighted by molar-refractivity contribution is 7.03. The Hall–Kier alpha value is -7.27. The van der Waals surface area contributed by atoms with Crippen LogP contribution in [0.5, 0.6) is 0 Å². The maximum absolute atomic E-state index is 5.39. The number of benzene rings is 9. The zero-order valence-corrected chi connectivity index (χ0v) is 33.9. The lowest BCUT2D eigenvalue weighted by atomic mass is 9.87. The Morgan fingerprint density at radius 2 is 0.712 bits per heavy atom. The molecule has 0 N–H and O–H groups in total. The second-order valence-corrected chi connectivity index (χ2v) is 20.3. The lowest BCUT2D eigenvalue weighted by molar-refractivity contribution is 1.08. The van der Waals surface area contributed by atoms with Crippen molar-refractivity contribution in [2.45, 2.75) is 13.1 Å². The van der Waals surface area contributed by atoms with Crippen LogP contribution in [0.4, 0.5) is 0 Å². The van der Waals surface area contributed by atoms with Gasteiger partial charge in [0.05, 0.1) is 0 Å². The lowest BCUT2D eigenvalue weighted by Gasteiger charge is -2.20. The molecule has 0 amide bonds. The Bertz CT molecular complexity index is 3090. The van der Waals surface area contributed by atoms with Crippen molar-refractivity contribution in [1.82, 2.24) is 15.0 Å². The molecule has 1 aliphatic rings. The topological polar surface area (TPSA) is 38.7 Å². The molecular formula is C55H39N3Si. The predicted molar refractivity (Wildman–Crippen MR) is 250 cm³/mol. The molecule has 11 rings (SSSR count). The summed E-state index contributed by atoms with van der Waals surface area (Å²) in [5, 5.41) is 7.58. The first kappa shape index (κ1) is 34.9. The average molecular weight is 770 g/mol. The van der Waals surface area contributed by atoms with Crippen LogP contribution >= 0.6 is 0 Å². The van der Waals surface area contributed by atoms with Crippen molar-refractivity contribution in [2.75, 3.05) is 0 Å². The van der Waals surface area contributed by atoms with Crippen molar-refractivity contribution in [3.05, 3.63) is 200 Å². The number of rotatable bonds is 6. The zero-order chi connectivity index (χ0) is 39.5. The molecule has 0 aliphatic carbocycles. The number of hydrogen-bond donors (Lipinski definition) is 0. The Morgan fingerprint density at radius 1 is 0.288 bits per heavy atom. The molecule has 9 aromatic carbocycles. The Morgan fingerprint density at radius 3 is 1.27 bits per heavy atom. The second kappa shape index (κ2) is 14.0. The van der Waals surface area contributed by atoms with Crippen molar-refractivity contribution in [3.8, 4) is 78.7 Å². The van der Waals surface area contributed by atoms with E-state index in [0.717, 1.165) is 49.7 Å². The first-order chi connectivity index (χ1) is 29.0. The molecule has 0 saturated carbocycles. The molecule has 1 aliphatic heterocycles. The smallest absolute Gasteiger partial charge is 0.165 e. The molecule has 1 aromatic heterocycles. The van der Waals surface area contributed by atoms with Crippen LogP contribution < -0.4 is 10.4 Å². The largest absolute Gasteiger partial charge is 0.208 e. The van der Waals surface area contributed by atoms with Gasteiger partial charge in [-0.2, -0.15) is 0 Å². The maximum Gasteiger partial charge on any atom is 0.165 e. The summed E-state index contributed by atoms with van der Waals surface area (Å²) in [4.78, 5) is 16.0. The summed E-state index contributed by atoms with van der Waals surface area (Å²) in [5.74, 6) is 1.92. The van der Waals surface area contributed by atoms with Crippen molar-refractivity contribution >= 4 is 40.0 Å². The molecule has 0 atom stereocenters. The standard InChI is InChI=1S/C55H39N3Si/c1-59(2)49-30-14-13-25-43(49)48-35-40(31-32-50(48)59)51-44-26-9-11-28-46(44)52(47-29-12-10-27-45(47)51)55-57-53(41-23-15-21-38(33-41)36-17-5-3-6-18-36)56-54(58-55)42-24-16-22-39(34-42)37-19-7-4-8-20-37/h3-35H,1-2H3. The van der Waals surface area contributed by atoms with Gasteiger partial charge in [0, 0.05) is 16.7 Å². The quantitative estimate of drug-likeness (QED) is 0.125. The first-order valence-corrected chi connectivity index (χ1v) is 23.3. The molecule has 2 heterocycles. The summed E-state index contributed by atoms with van der Waals surface area (Å²) >= 11 is 0. The minimum absolute atomic E-state index is 0.634. The molecule has 3 nitrogen and oxygen atoms in total. The third-order valence-corrected chi connectivity index (χ3v) is 15.7. The van der Waals surface area contributed by atoms with Gasteiger partial charge in [-0.25, -0.2) is 15.0 Å². The summed E-state index contributed by atoms with van der Waals surface area (Å²) in [6.07, 6.45) is 0. The molecule has 0 radical (unpaired) electrons. The van der Waals surface area contributed by atoms with Crippen LogP contribution in [0.3, 0.4) is 0 Å². The number of aromatic nitrogens is 3. The van der Waals surface area contributed by atoms with Crippen LogP contribution in [-0.4, -0.2) is 23.0 Å². The summed E-state index contributed by atoms with van der Waals surface area (Å²) in [6.45, 7) is 4.95. The van der Waals surface area contributed by atoms with E-state index in [1.165, 1.54) is 43.4 Å². The second-order valence-electron chi connectivity index (χ2n) is 16.0. The third kappa shape index (κ3) is 5.91. The zero-order valence-electron chi connectivity index (χ0n) is 32.9. The van der Waals surface area contributed by atoms with E-state index in [1.54, 1.807) is 0 Å². The molecule has 0 spiro atoms. The van der Waals surface area contributed by atoms with Gasteiger partial charge < -0.3 is 0 Å². The Labute approximate surface area is 345 Å². The van der Waals surface area contributed by atoms with E-state index in [-0.39, 0.29) is 0 Å². The molecule has 4 heteroatoms. The highest BCUT2D eigenvalue weighted by Crippen LogP contribution is 2.44. The van der Waals surface area contributed by atoms with Gasteiger partial charge in [0.1, 0.15) is 8.07 Å². The Kier molecular flexibility index (Phi) is 8.28. The highest BCUT2D eigenvalue weighted by atomic mass is 28.3. The molecular weight excluding hydrogens is 731 g/mol. The Balaban J connectivity index is 1.16. The fourth-order valence-electron chi connectivity index (χ4n) is 9.24. The minimum Gasteiger partial charge on any atom is -0.208 e. The fraction of sp³-hybridized carbons (Fsp3) is 0.0364. The summed E-state index contributed by atoms with van der Waals surface area (Å²) in [6, 6.07) is 71.8. The van der Waals surface area contributed by atoms with E-state index in [0.29, 0.717) is 17.5 Å². The molecule has 0 unspecified atom stereocenters. The van der Waals surface area contributed by atoms with E-state index in [9.17, 15) is 0 Å².